The fourth-order valence-electron chi connectivity index (χ4n) is 6.98. The highest BCUT2D eigenvalue weighted by atomic mass is 16.6. The van der Waals surface area contributed by atoms with Crippen molar-refractivity contribution in [2.75, 3.05) is 7.11 Å². The molecule has 0 saturated heterocycles. The molecule has 39 heavy (non-hydrogen) atoms. The molecule has 210 valence electrons. The maximum absolute atomic E-state index is 12.9. The molecular weight excluding hydrogens is 516 g/mol. The Morgan fingerprint density at radius 3 is 2.51 bits per heavy atom. The molecule has 1 saturated carbocycles. The Labute approximate surface area is 222 Å². The monoisotopic (exact) mass is 546 g/mol. The number of aliphatic hydroxyl groups is 3. The largest absolute Gasteiger partial charge is 0.493 e. The lowest BCUT2D eigenvalue weighted by molar-refractivity contribution is -0.162. The second kappa shape index (κ2) is 9.61. The zero-order valence-electron chi connectivity index (χ0n) is 21.2. The number of rotatable bonds is 10. The molecule has 5 rings (SSSR count). The molecule has 0 amide bonds. The molecule has 1 aliphatic heterocycles. The summed E-state index contributed by atoms with van der Waals surface area (Å²) in [5.74, 6) is -6.16. The van der Waals surface area contributed by atoms with Gasteiger partial charge in [0.2, 0.25) is 0 Å². The molecule has 0 unspecified atom stereocenters. The number of ether oxygens (including phenoxy) is 3. The van der Waals surface area contributed by atoms with Gasteiger partial charge in [0.15, 0.2) is 29.5 Å². The van der Waals surface area contributed by atoms with Crippen LogP contribution in [0.15, 0.2) is 24.0 Å². The van der Waals surface area contributed by atoms with Gasteiger partial charge in [-0.05, 0) is 49.3 Å². The third kappa shape index (κ3) is 4.00. The maximum Gasteiger partial charge on any atom is 0.335 e. The average molecular weight is 547 g/mol. The van der Waals surface area contributed by atoms with E-state index in [0.717, 1.165) is 24.0 Å². The van der Waals surface area contributed by atoms with Gasteiger partial charge < -0.3 is 39.7 Å². The fourth-order valence-corrected chi connectivity index (χ4v) is 6.98. The molecule has 5 N–H and O–H groups in total. The van der Waals surface area contributed by atoms with E-state index in [1.807, 2.05) is 12.1 Å². The molecule has 2 bridgehead atoms. The summed E-state index contributed by atoms with van der Waals surface area (Å²) in [5.41, 5.74) is -0.112. The number of Topliss-reactive ketones (excluding diaryl/α,β-unsaturated/α-hetero) is 1. The minimum absolute atomic E-state index is 0.0207. The molecule has 12 heteroatoms. The number of carboxylic acids is 2. The van der Waals surface area contributed by atoms with Crippen molar-refractivity contribution in [3.8, 4) is 11.5 Å². The number of hydrogen-bond acceptors (Lipinski definition) is 10. The van der Waals surface area contributed by atoms with Gasteiger partial charge in [-0.1, -0.05) is 12.5 Å². The van der Waals surface area contributed by atoms with Crippen molar-refractivity contribution in [3.63, 3.8) is 0 Å². The molecular formula is C27H30O12. The molecule has 1 heterocycles. The zero-order valence-corrected chi connectivity index (χ0v) is 21.2. The van der Waals surface area contributed by atoms with Crippen LogP contribution in [0.1, 0.15) is 49.7 Å². The maximum atomic E-state index is 12.9. The van der Waals surface area contributed by atoms with E-state index in [1.54, 1.807) is 6.08 Å². The molecule has 0 radical (unpaired) electrons. The SMILES string of the molecule is COc1ccc2c3c1O[C@@H]1C(OC(=O)C[C@H](CC(=O)[C@H](O)[C@@H](O)C(=O)O)C(=O)O)=CC[C@]4(O)[C@@H](CCC[C@@]314)C2. The summed E-state index contributed by atoms with van der Waals surface area (Å²) in [5, 5.41) is 49.5. The minimum atomic E-state index is -2.43. The van der Waals surface area contributed by atoms with E-state index in [2.05, 4.69) is 0 Å². The first-order chi connectivity index (χ1) is 18.4. The third-order valence-electron chi connectivity index (χ3n) is 8.79. The van der Waals surface area contributed by atoms with Gasteiger partial charge in [-0.2, -0.15) is 0 Å². The van der Waals surface area contributed by atoms with Crippen LogP contribution >= 0.6 is 0 Å². The van der Waals surface area contributed by atoms with Crippen LogP contribution in [0.4, 0.5) is 0 Å². The van der Waals surface area contributed by atoms with E-state index in [1.165, 1.54) is 7.11 Å². The Kier molecular flexibility index (Phi) is 6.68. The smallest absolute Gasteiger partial charge is 0.335 e. The van der Waals surface area contributed by atoms with Crippen molar-refractivity contribution in [1.29, 1.82) is 0 Å². The van der Waals surface area contributed by atoms with Crippen molar-refractivity contribution in [1.82, 2.24) is 0 Å². The summed E-state index contributed by atoms with van der Waals surface area (Å²) in [4.78, 5) is 47.7. The summed E-state index contributed by atoms with van der Waals surface area (Å²) in [6.07, 6.45) is -2.56. The fraction of sp³-hybridized carbons (Fsp3) is 0.556. The second-order valence-electron chi connectivity index (χ2n) is 10.7. The Balaban J connectivity index is 1.39. The predicted octanol–water partition coefficient (Wildman–Crippen LogP) is 0.469. The van der Waals surface area contributed by atoms with Crippen LogP contribution in [0, 0.1) is 11.8 Å². The number of aliphatic hydroxyl groups excluding tert-OH is 2. The van der Waals surface area contributed by atoms with E-state index < -0.39 is 71.8 Å². The van der Waals surface area contributed by atoms with Crippen LogP contribution in [-0.2, 0) is 35.8 Å². The molecule has 1 spiro atoms. The number of carboxylic acid groups (broad SMARTS) is 2. The third-order valence-corrected chi connectivity index (χ3v) is 8.79. The lowest BCUT2D eigenvalue weighted by Gasteiger charge is -2.59. The van der Waals surface area contributed by atoms with Crippen molar-refractivity contribution in [2.24, 2.45) is 11.8 Å². The number of aliphatic carboxylic acids is 2. The van der Waals surface area contributed by atoms with Gasteiger partial charge in [0.05, 0.1) is 30.5 Å². The Hall–Kier alpha value is -3.48. The van der Waals surface area contributed by atoms with Gasteiger partial charge in [0, 0.05) is 12.0 Å². The van der Waals surface area contributed by atoms with Crippen LogP contribution in [0.2, 0.25) is 0 Å². The first-order valence-corrected chi connectivity index (χ1v) is 12.8. The predicted molar refractivity (Wildman–Crippen MR) is 129 cm³/mol. The Morgan fingerprint density at radius 2 is 1.85 bits per heavy atom. The highest BCUT2D eigenvalue weighted by molar-refractivity contribution is 5.92. The average Bonchev–Trinajstić information content (AvgIpc) is 3.23. The first kappa shape index (κ1) is 27.1. The zero-order chi connectivity index (χ0) is 28.3. The molecule has 1 aromatic carbocycles. The number of carbonyl (C=O) groups excluding carboxylic acids is 2. The van der Waals surface area contributed by atoms with Gasteiger partial charge in [0.25, 0.3) is 0 Å². The van der Waals surface area contributed by atoms with Gasteiger partial charge >= 0.3 is 17.9 Å². The topological polar surface area (TPSA) is 197 Å². The van der Waals surface area contributed by atoms with Gasteiger partial charge in [-0.25, -0.2) is 4.79 Å². The van der Waals surface area contributed by atoms with E-state index in [0.29, 0.717) is 24.3 Å². The van der Waals surface area contributed by atoms with Crippen LogP contribution in [0.5, 0.6) is 11.5 Å². The van der Waals surface area contributed by atoms with Gasteiger partial charge in [-0.15, -0.1) is 0 Å². The van der Waals surface area contributed by atoms with Crippen molar-refractivity contribution >= 4 is 23.7 Å². The van der Waals surface area contributed by atoms with E-state index in [4.69, 9.17) is 19.3 Å². The molecule has 1 aromatic rings. The number of esters is 1. The Morgan fingerprint density at radius 1 is 1.10 bits per heavy atom. The molecule has 1 fully saturated rings. The number of hydrogen-bond donors (Lipinski definition) is 5. The summed E-state index contributed by atoms with van der Waals surface area (Å²) in [6.45, 7) is 0. The summed E-state index contributed by atoms with van der Waals surface area (Å²) >= 11 is 0. The first-order valence-electron chi connectivity index (χ1n) is 12.8. The number of methoxy groups -OCH3 is 1. The van der Waals surface area contributed by atoms with Crippen molar-refractivity contribution < 1.29 is 58.9 Å². The van der Waals surface area contributed by atoms with Crippen LogP contribution in [0.3, 0.4) is 0 Å². The molecule has 0 aromatic heterocycles. The normalized spacial score (nSPS) is 30.1. The van der Waals surface area contributed by atoms with Gasteiger partial charge in [-0.3, -0.25) is 14.4 Å². The Bertz CT molecular complexity index is 1270. The van der Waals surface area contributed by atoms with Crippen molar-refractivity contribution in [3.05, 3.63) is 35.1 Å². The van der Waals surface area contributed by atoms with Gasteiger partial charge in [0.1, 0.15) is 11.9 Å². The molecule has 7 atom stereocenters. The highest BCUT2D eigenvalue weighted by Gasteiger charge is 2.71. The highest BCUT2D eigenvalue weighted by Crippen LogP contribution is 2.67. The number of benzene rings is 1. The number of ketones is 1. The molecule has 4 aliphatic rings. The second-order valence-corrected chi connectivity index (χ2v) is 10.7. The van der Waals surface area contributed by atoms with E-state index in [-0.39, 0.29) is 18.1 Å². The summed E-state index contributed by atoms with van der Waals surface area (Å²) < 4.78 is 17.5. The van der Waals surface area contributed by atoms with Crippen LogP contribution in [-0.4, -0.2) is 80.2 Å². The lowest BCUT2D eigenvalue weighted by atomic mass is 9.47. The molecule has 3 aliphatic carbocycles. The van der Waals surface area contributed by atoms with Crippen molar-refractivity contribution in [2.45, 2.75) is 74.3 Å². The standard InChI is InChI=1S/C27H30O12/c1-37-16-5-4-12-9-14-3-2-7-26-19(12)22(16)39-23(26)17(6-8-27(14,26)36)38-18(29)11-13(24(32)33)10-15(28)20(30)21(31)25(34)35/h4-6,13-14,20-21,23,30-31,36H,2-3,7-11H2,1H3,(H,32,33)(H,34,35)/t13-,14-,20-,21+,23+,26+,27-/m0/s1. The van der Waals surface area contributed by atoms with E-state index >= 15 is 0 Å². The quantitative estimate of drug-likeness (QED) is 0.255. The lowest BCUT2D eigenvalue weighted by Crippen LogP contribution is -2.67. The summed E-state index contributed by atoms with van der Waals surface area (Å²) in [7, 11) is 1.51. The van der Waals surface area contributed by atoms with E-state index in [9.17, 15) is 39.6 Å². The number of carbonyl (C=O) groups is 4. The minimum Gasteiger partial charge on any atom is -0.493 e. The van der Waals surface area contributed by atoms with Crippen LogP contribution < -0.4 is 9.47 Å². The van der Waals surface area contributed by atoms with Crippen LogP contribution in [0.25, 0.3) is 0 Å². The molecule has 12 nitrogen and oxygen atoms in total. The summed E-state index contributed by atoms with van der Waals surface area (Å²) in [6, 6.07) is 3.78.